The van der Waals surface area contributed by atoms with Gasteiger partial charge in [0.25, 0.3) is 0 Å². The first-order valence-electron chi connectivity index (χ1n) is 5.87. The molecule has 1 amide bonds. The van der Waals surface area contributed by atoms with Gasteiger partial charge in [-0.3, -0.25) is 4.79 Å². The van der Waals surface area contributed by atoms with Crippen LogP contribution in [0.5, 0.6) is 0 Å². The van der Waals surface area contributed by atoms with E-state index in [0.29, 0.717) is 0 Å². The van der Waals surface area contributed by atoms with Crippen LogP contribution < -0.4 is 10.6 Å². The van der Waals surface area contributed by atoms with Crippen LogP contribution in [-0.2, 0) is 4.79 Å². The summed E-state index contributed by atoms with van der Waals surface area (Å²) >= 11 is 0. The van der Waals surface area contributed by atoms with Gasteiger partial charge in [0, 0.05) is 13.0 Å². The molecule has 2 heterocycles. The third-order valence-electron chi connectivity index (χ3n) is 2.61. The Bertz CT molecular complexity index is 134. The monoisotopic (exact) mass is 198 g/mol. The van der Waals surface area contributed by atoms with Gasteiger partial charge >= 0.3 is 0 Å². The Balaban J connectivity index is 0.000000146. The fraction of sp³-hybridized carbons (Fsp3) is 0.909. The molecule has 0 aromatic heterocycles. The van der Waals surface area contributed by atoms with Crippen molar-refractivity contribution in [3.05, 3.63) is 0 Å². The van der Waals surface area contributed by atoms with Gasteiger partial charge in [0.1, 0.15) is 0 Å². The standard InChI is InChI=1S/C6H11NO.C5H11N/c8-6-4-2-1-3-5-7-6;1-2-4-6-5-3-1/h1-5H2,(H,7,8);6H,1-5H2. The van der Waals surface area contributed by atoms with Crippen molar-refractivity contribution in [1.82, 2.24) is 10.6 Å². The summed E-state index contributed by atoms with van der Waals surface area (Å²) in [4.78, 5) is 10.6. The third-order valence-corrected chi connectivity index (χ3v) is 2.61. The van der Waals surface area contributed by atoms with E-state index in [1.165, 1.54) is 38.8 Å². The highest BCUT2D eigenvalue weighted by molar-refractivity contribution is 5.75. The smallest absolute Gasteiger partial charge is 0.219 e. The number of hydrogen-bond donors (Lipinski definition) is 2. The van der Waals surface area contributed by atoms with E-state index >= 15 is 0 Å². The molecular formula is C11H22N2O. The van der Waals surface area contributed by atoms with Crippen LogP contribution in [0.15, 0.2) is 0 Å². The summed E-state index contributed by atoms with van der Waals surface area (Å²) in [5.41, 5.74) is 0. The summed E-state index contributed by atoms with van der Waals surface area (Å²) < 4.78 is 0. The summed E-state index contributed by atoms with van der Waals surface area (Å²) in [5, 5.41) is 6.09. The van der Waals surface area contributed by atoms with Gasteiger partial charge in [-0.2, -0.15) is 0 Å². The molecule has 0 aromatic carbocycles. The Morgan fingerprint density at radius 1 is 0.786 bits per heavy atom. The Morgan fingerprint density at radius 3 is 2.00 bits per heavy atom. The van der Waals surface area contributed by atoms with Crippen LogP contribution in [0.2, 0.25) is 0 Å². The van der Waals surface area contributed by atoms with Gasteiger partial charge in [-0.25, -0.2) is 0 Å². The van der Waals surface area contributed by atoms with Crippen molar-refractivity contribution in [2.45, 2.75) is 44.9 Å². The summed E-state index contributed by atoms with van der Waals surface area (Å²) in [5.74, 6) is 0.225. The second-order valence-corrected chi connectivity index (χ2v) is 3.97. The van der Waals surface area contributed by atoms with E-state index in [2.05, 4.69) is 10.6 Å². The zero-order chi connectivity index (χ0) is 10.1. The van der Waals surface area contributed by atoms with Crippen molar-refractivity contribution in [3.63, 3.8) is 0 Å². The van der Waals surface area contributed by atoms with Gasteiger partial charge < -0.3 is 10.6 Å². The number of amides is 1. The highest BCUT2D eigenvalue weighted by Crippen LogP contribution is 2.02. The van der Waals surface area contributed by atoms with E-state index in [-0.39, 0.29) is 5.91 Å². The number of rotatable bonds is 0. The van der Waals surface area contributed by atoms with Crippen LogP contribution in [0.4, 0.5) is 0 Å². The minimum absolute atomic E-state index is 0.225. The molecular weight excluding hydrogens is 176 g/mol. The molecule has 14 heavy (non-hydrogen) atoms. The number of hydrogen-bond acceptors (Lipinski definition) is 2. The van der Waals surface area contributed by atoms with E-state index in [0.717, 1.165) is 25.8 Å². The zero-order valence-corrected chi connectivity index (χ0v) is 8.98. The van der Waals surface area contributed by atoms with E-state index in [1.54, 1.807) is 0 Å². The molecule has 0 atom stereocenters. The molecule has 0 saturated carbocycles. The first-order valence-corrected chi connectivity index (χ1v) is 5.87. The zero-order valence-electron chi connectivity index (χ0n) is 8.98. The minimum atomic E-state index is 0.225. The van der Waals surface area contributed by atoms with Crippen molar-refractivity contribution in [2.75, 3.05) is 19.6 Å². The van der Waals surface area contributed by atoms with E-state index in [1.807, 2.05) is 0 Å². The van der Waals surface area contributed by atoms with Crippen molar-refractivity contribution in [1.29, 1.82) is 0 Å². The van der Waals surface area contributed by atoms with Crippen LogP contribution in [0.1, 0.15) is 44.9 Å². The van der Waals surface area contributed by atoms with Crippen LogP contribution in [0.3, 0.4) is 0 Å². The molecule has 0 radical (unpaired) electrons. The first-order chi connectivity index (χ1) is 6.89. The number of piperidine rings is 1. The molecule has 0 aliphatic carbocycles. The van der Waals surface area contributed by atoms with Crippen molar-refractivity contribution in [2.24, 2.45) is 0 Å². The van der Waals surface area contributed by atoms with Crippen molar-refractivity contribution < 1.29 is 4.79 Å². The topological polar surface area (TPSA) is 41.1 Å². The maximum absolute atomic E-state index is 10.6. The predicted molar refractivity (Wildman–Crippen MR) is 58.2 cm³/mol. The molecule has 0 unspecified atom stereocenters. The van der Waals surface area contributed by atoms with Crippen LogP contribution >= 0.6 is 0 Å². The average Bonchev–Trinajstić information content (AvgIpc) is 2.49. The Kier molecular flexibility index (Phi) is 6.41. The lowest BCUT2D eigenvalue weighted by Crippen LogP contribution is -2.21. The fourth-order valence-electron chi connectivity index (χ4n) is 1.71. The molecule has 2 aliphatic heterocycles. The van der Waals surface area contributed by atoms with Crippen LogP contribution in [0.25, 0.3) is 0 Å². The third kappa shape index (κ3) is 5.97. The highest BCUT2D eigenvalue weighted by Gasteiger charge is 2.03. The largest absolute Gasteiger partial charge is 0.356 e. The maximum atomic E-state index is 10.6. The molecule has 3 heteroatoms. The van der Waals surface area contributed by atoms with E-state index in [4.69, 9.17) is 0 Å². The van der Waals surface area contributed by atoms with Gasteiger partial charge in [-0.05, 0) is 38.8 Å². The minimum Gasteiger partial charge on any atom is -0.356 e. The Hall–Kier alpha value is -0.570. The number of carbonyl (C=O) groups is 1. The second kappa shape index (κ2) is 7.80. The first kappa shape index (κ1) is 11.5. The number of nitrogens with one attached hydrogen (secondary N) is 2. The lowest BCUT2D eigenvalue weighted by atomic mass is 10.2. The molecule has 82 valence electrons. The molecule has 0 spiro atoms. The molecule has 2 saturated heterocycles. The molecule has 3 nitrogen and oxygen atoms in total. The SMILES string of the molecule is C1CCNCC1.O=C1CCCCCN1. The van der Waals surface area contributed by atoms with Crippen molar-refractivity contribution >= 4 is 5.91 Å². The summed E-state index contributed by atoms with van der Waals surface area (Å²) in [7, 11) is 0. The summed E-state index contributed by atoms with van der Waals surface area (Å²) in [6.45, 7) is 3.39. The molecule has 2 N–H and O–H groups in total. The second-order valence-electron chi connectivity index (χ2n) is 3.97. The molecule has 2 aliphatic rings. The summed E-state index contributed by atoms with van der Waals surface area (Å²) in [6.07, 6.45) is 8.39. The highest BCUT2D eigenvalue weighted by atomic mass is 16.1. The molecule has 0 aromatic rings. The lowest BCUT2D eigenvalue weighted by molar-refractivity contribution is -0.120. The van der Waals surface area contributed by atoms with Gasteiger partial charge in [-0.15, -0.1) is 0 Å². The Morgan fingerprint density at radius 2 is 1.43 bits per heavy atom. The van der Waals surface area contributed by atoms with Crippen LogP contribution in [0, 0.1) is 0 Å². The molecule has 2 rings (SSSR count). The number of carbonyl (C=O) groups excluding carboxylic acids is 1. The lowest BCUT2D eigenvalue weighted by Gasteiger charge is -2.08. The van der Waals surface area contributed by atoms with Gasteiger partial charge in [-0.1, -0.05) is 12.8 Å². The Labute approximate surface area is 86.6 Å². The quantitative estimate of drug-likeness (QED) is 0.618. The predicted octanol–water partition coefficient (Wildman–Crippen LogP) is 1.44. The summed E-state index contributed by atoms with van der Waals surface area (Å²) in [6, 6.07) is 0. The fourth-order valence-corrected chi connectivity index (χ4v) is 1.71. The van der Waals surface area contributed by atoms with E-state index < -0.39 is 0 Å². The maximum Gasteiger partial charge on any atom is 0.219 e. The van der Waals surface area contributed by atoms with Crippen LogP contribution in [-0.4, -0.2) is 25.5 Å². The van der Waals surface area contributed by atoms with Gasteiger partial charge in [0.15, 0.2) is 0 Å². The molecule has 0 bridgehead atoms. The van der Waals surface area contributed by atoms with Gasteiger partial charge in [0.2, 0.25) is 5.91 Å². The normalized spacial score (nSPS) is 22.7. The average molecular weight is 198 g/mol. The van der Waals surface area contributed by atoms with Gasteiger partial charge in [0.05, 0.1) is 0 Å². The van der Waals surface area contributed by atoms with E-state index in [9.17, 15) is 4.79 Å². The molecule has 2 fully saturated rings. The van der Waals surface area contributed by atoms with Crippen molar-refractivity contribution in [3.8, 4) is 0 Å².